The standard InChI is InChI=1S/C11H14N2O2/c14-7-9-3-4-10(6-12-9)13-5-1-2-11(13)8-15/h3-4,6-7,11,15H,1-2,5,8H2. The number of carbonyl (C=O) groups excluding carboxylic acids is 1. The zero-order chi connectivity index (χ0) is 10.7. The van der Waals surface area contributed by atoms with E-state index >= 15 is 0 Å². The summed E-state index contributed by atoms with van der Waals surface area (Å²) in [4.78, 5) is 16.6. The topological polar surface area (TPSA) is 53.4 Å². The number of carbonyl (C=O) groups is 1. The Morgan fingerprint density at radius 3 is 3.07 bits per heavy atom. The summed E-state index contributed by atoms with van der Waals surface area (Å²) in [6.07, 6.45) is 4.54. The van der Waals surface area contributed by atoms with E-state index in [4.69, 9.17) is 0 Å². The first-order valence-electron chi connectivity index (χ1n) is 5.14. The fourth-order valence-electron chi connectivity index (χ4n) is 2.00. The van der Waals surface area contributed by atoms with Crippen LogP contribution in [-0.4, -0.2) is 35.6 Å². The summed E-state index contributed by atoms with van der Waals surface area (Å²) >= 11 is 0. The Kier molecular flexibility index (Phi) is 2.97. The Morgan fingerprint density at radius 1 is 1.60 bits per heavy atom. The molecule has 0 aromatic carbocycles. The van der Waals surface area contributed by atoms with Gasteiger partial charge in [0.1, 0.15) is 5.69 Å². The molecule has 1 unspecified atom stereocenters. The van der Waals surface area contributed by atoms with Crippen molar-refractivity contribution in [2.75, 3.05) is 18.1 Å². The summed E-state index contributed by atoms with van der Waals surface area (Å²) in [5.41, 5.74) is 1.43. The van der Waals surface area contributed by atoms with Crippen molar-refractivity contribution in [3.8, 4) is 0 Å². The average molecular weight is 206 g/mol. The normalized spacial score (nSPS) is 20.6. The average Bonchev–Trinajstić information content (AvgIpc) is 2.77. The summed E-state index contributed by atoms with van der Waals surface area (Å²) in [5.74, 6) is 0. The predicted octanol–water partition coefficient (Wildman–Crippen LogP) is 0.855. The first kappa shape index (κ1) is 10.1. The summed E-state index contributed by atoms with van der Waals surface area (Å²) < 4.78 is 0. The number of rotatable bonds is 3. The minimum absolute atomic E-state index is 0.176. The molecule has 15 heavy (non-hydrogen) atoms. The smallest absolute Gasteiger partial charge is 0.168 e. The monoisotopic (exact) mass is 206 g/mol. The number of hydrogen-bond donors (Lipinski definition) is 1. The van der Waals surface area contributed by atoms with Crippen LogP contribution in [0.4, 0.5) is 5.69 Å². The fraction of sp³-hybridized carbons (Fsp3) is 0.455. The largest absolute Gasteiger partial charge is 0.394 e. The molecular weight excluding hydrogens is 192 g/mol. The van der Waals surface area contributed by atoms with E-state index in [-0.39, 0.29) is 12.6 Å². The van der Waals surface area contributed by atoms with Gasteiger partial charge in [-0.15, -0.1) is 0 Å². The molecule has 4 nitrogen and oxygen atoms in total. The first-order valence-corrected chi connectivity index (χ1v) is 5.14. The Balaban J connectivity index is 2.17. The fourth-order valence-corrected chi connectivity index (χ4v) is 2.00. The quantitative estimate of drug-likeness (QED) is 0.745. The number of hydrogen-bond acceptors (Lipinski definition) is 4. The van der Waals surface area contributed by atoms with Crippen molar-refractivity contribution in [1.82, 2.24) is 4.98 Å². The van der Waals surface area contributed by atoms with Crippen molar-refractivity contribution >= 4 is 12.0 Å². The second-order valence-electron chi connectivity index (χ2n) is 3.73. The van der Waals surface area contributed by atoms with Crippen LogP contribution in [0.3, 0.4) is 0 Å². The van der Waals surface area contributed by atoms with E-state index in [1.54, 1.807) is 12.3 Å². The van der Waals surface area contributed by atoms with E-state index in [0.29, 0.717) is 5.69 Å². The Hall–Kier alpha value is -1.42. The molecule has 1 atom stereocenters. The minimum Gasteiger partial charge on any atom is -0.394 e. The Labute approximate surface area is 88.6 Å². The lowest BCUT2D eigenvalue weighted by molar-refractivity contribution is 0.111. The highest BCUT2D eigenvalue weighted by molar-refractivity contribution is 5.72. The van der Waals surface area contributed by atoms with Crippen LogP contribution in [0, 0.1) is 0 Å². The van der Waals surface area contributed by atoms with Gasteiger partial charge in [-0.05, 0) is 25.0 Å². The molecule has 0 saturated carbocycles. The summed E-state index contributed by atoms with van der Waals surface area (Å²) in [6, 6.07) is 3.79. The molecule has 0 radical (unpaired) electrons. The molecule has 1 aromatic heterocycles. The minimum atomic E-state index is 0.176. The van der Waals surface area contributed by atoms with Gasteiger partial charge in [-0.1, -0.05) is 0 Å². The number of aliphatic hydroxyl groups excluding tert-OH is 1. The van der Waals surface area contributed by atoms with Gasteiger partial charge in [0.15, 0.2) is 6.29 Å². The lowest BCUT2D eigenvalue weighted by Gasteiger charge is -2.24. The molecular formula is C11H14N2O2. The number of anilines is 1. The van der Waals surface area contributed by atoms with E-state index in [2.05, 4.69) is 9.88 Å². The van der Waals surface area contributed by atoms with Gasteiger partial charge in [-0.2, -0.15) is 0 Å². The maximum atomic E-state index is 10.4. The highest BCUT2D eigenvalue weighted by atomic mass is 16.3. The number of aldehydes is 1. The van der Waals surface area contributed by atoms with Gasteiger partial charge in [-0.25, -0.2) is 0 Å². The maximum Gasteiger partial charge on any atom is 0.168 e. The van der Waals surface area contributed by atoms with E-state index in [9.17, 15) is 9.90 Å². The molecule has 2 heterocycles. The van der Waals surface area contributed by atoms with Crippen molar-refractivity contribution in [3.63, 3.8) is 0 Å². The zero-order valence-electron chi connectivity index (χ0n) is 8.47. The summed E-state index contributed by atoms with van der Waals surface area (Å²) in [5, 5.41) is 9.18. The van der Waals surface area contributed by atoms with Gasteiger partial charge in [-0.3, -0.25) is 9.78 Å². The molecule has 1 aliphatic rings. The van der Waals surface area contributed by atoms with Crippen LogP contribution in [0.1, 0.15) is 23.3 Å². The van der Waals surface area contributed by atoms with Crippen LogP contribution in [-0.2, 0) is 0 Å². The van der Waals surface area contributed by atoms with E-state index in [1.165, 1.54) is 0 Å². The van der Waals surface area contributed by atoms with Crippen molar-refractivity contribution < 1.29 is 9.90 Å². The van der Waals surface area contributed by atoms with E-state index < -0.39 is 0 Å². The summed E-state index contributed by atoms with van der Waals surface area (Å²) in [6.45, 7) is 1.13. The van der Waals surface area contributed by atoms with Crippen LogP contribution in [0.5, 0.6) is 0 Å². The van der Waals surface area contributed by atoms with Gasteiger partial charge in [0, 0.05) is 6.54 Å². The van der Waals surface area contributed by atoms with Crippen LogP contribution in [0.15, 0.2) is 18.3 Å². The number of aliphatic hydroxyl groups is 1. The van der Waals surface area contributed by atoms with Gasteiger partial charge in [0.2, 0.25) is 0 Å². The van der Waals surface area contributed by atoms with Crippen LogP contribution >= 0.6 is 0 Å². The number of pyridine rings is 1. The molecule has 1 fully saturated rings. The van der Waals surface area contributed by atoms with Crippen LogP contribution < -0.4 is 4.90 Å². The van der Waals surface area contributed by atoms with Crippen molar-refractivity contribution in [2.45, 2.75) is 18.9 Å². The first-order chi connectivity index (χ1) is 7.35. The second kappa shape index (κ2) is 4.40. The van der Waals surface area contributed by atoms with E-state index in [1.807, 2.05) is 6.07 Å². The number of aromatic nitrogens is 1. The predicted molar refractivity (Wildman–Crippen MR) is 57.1 cm³/mol. The molecule has 4 heteroatoms. The molecule has 1 aromatic rings. The molecule has 1 N–H and O–H groups in total. The van der Waals surface area contributed by atoms with Crippen molar-refractivity contribution in [1.29, 1.82) is 0 Å². The molecule has 2 rings (SSSR count). The lowest BCUT2D eigenvalue weighted by atomic mass is 10.2. The Bertz CT molecular complexity index is 337. The molecule has 0 aliphatic carbocycles. The third kappa shape index (κ3) is 1.99. The van der Waals surface area contributed by atoms with E-state index in [0.717, 1.165) is 31.4 Å². The van der Waals surface area contributed by atoms with Crippen molar-refractivity contribution in [2.24, 2.45) is 0 Å². The van der Waals surface area contributed by atoms with Crippen LogP contribution in [0.2, 0.25) is 0 Å². The van der Waals surface area contributed by atoms with Crippen molar-refractivity contribution in [3.05, 3.63) is 24.0 Å². The van der Waals surface area contributed by atoms with Gasteiger partial charge < -0.3 is 10.0 Å². The highest BCUT2D eigenvalue weighted by Gasteiger charge is 2.23. The molecule has 0 bridgehead atoms. The second-order valence-corrected chi connectivity index (χ2v) is 3.73. The van der Waals surface area contributed by atoms with Gasteiger partial charge in [0.05, 0.1) is 24.5 Å². The Morgan fingerprint density at radius 2 is 2.47 bits per heavy atom. The highest BCUT2D eigenvalue weighted by Crippen LogP contribution is 2.24. The molecule has 80 valence electrons. The summed E-state index contributed by atoms with van der Waals surface area (Å²) in [7, 11) is 0. The third-order valence-corrected chi connectivity index (χ3v) is 2.81. The maximum absolute atomic E-state index is 10.4. The van der Waals surface area contributed by atoms with Gasteiger partial charge >= 0.3 is 0 Å². The molecule has 0 spiro atoms. The lowest BCUT2D eigenvalue weighted by Crippen LogP contribution is -2.32. The molecule has 1 saturated heterocycles. The van der Waals surface area contributed by atoms with Gasteiger partial charge in [0.25, 0.3) is 0 Å². The third-order valence-electron chi connectivity index (χ3n) is 2.81. The zero-order valence-corrected chi connectivity index (χ0v) is 8.47. The molecule has 0 amide bonds. The van der Waals surface area contributed by atoms with Crippen LogP contribution in [0.25, 0.3) is 0 Å². The molecule has 1 aliphatic heterocycles. The SMILES string of the molecule is O=Cc1ccc(N2CCCC2CO)cn1. The number of nitrogens with zero attached hydrogens (tertiary/aromatic N) is 2.